The third kappa shape index (κ3) is 5.75. The topological polar surface area (TPSA) is 58.2 Å². The normalized spacial score (nSPS) is 11.9. The lowest BCUT2D eigenvalue weighted by atomic mass is 9.96. The van der Waals surface area contributed by atoms with Crippen LogP contribution in [0.25, 0.3) is 0 Å². The van der Waals surface area contributed by atoms with Crippen LogP contribution in [0.5, 0.6) is 0 Å². The predicted octanol–water partition coefficient (Wildman–Crippen LogP) is 4.59. The van der Waals surface area contributed by atoms with E-state index < -0.39 is 0 Å². The first-order chi connectivity index (χ1) is 11.8. The number of nitrogens with one attached hydrogen (secondary N) is 2. The van der Waals surface area contributed by atoms with Gasteiger partial charge in [0.05, 0.1) is 5.92 Å². The third-order valence-electron chi connectivity index (χ3n) is 3.99. The van der Waals surface area contributed by atoms with Gasteiger partial charge < -0.3 is 10.6 Å². The van der Waals surface area contributed by atoms with Crippen LogP contribution in [-0.4, -0.2) is 11.8 Å². The number of hydrogen-bond acceptors (Lipinski definition) is 2. The molecule has 0 radical (unpaired) electrons. The summed E-state index contributed by atoms with van der Waals surface area (Å²) in [5.41, 5.74) is 3.71. The molecular formula is C21H26N2O2. The summed E-state index contributed by atoms with van der Waals surface area (Å²) in [5, 5.41) is 5.62. The largest absolute Gasteiger partial charge is 0.326 e. The molecule has 0 aliphatic heterocycles. The maximum atomic E-state index is 12.5. The second kappa shape index (κ2) is 8.47. The standard InChI is InChI=1S/C21H26N2O2/c1-14(2)13-17-5-7-18(8-6-17)15(3)21(25)23-20-11-9-19(10-12-20)22-16(4)24/h5-12,14-15H,13H2,1-4H3,(H,22,24)(H,23,25)/t15-/m0/s1. The molecule has 0 aliphatic carbocycles. The highest BCUT2D eigenvalue weighted by molar-refractivity contribution is 5.96. The maximum Gasteiger partial charge on any atom is 0.231 e. The summed E-state index contributed by atoms with van der Waals surface area (Å²) in [5.74, 6) is 0.213. The number of amides is 2. The quantitative estimate of drug-likeness (QED) is 0.809. The average molecular weight is 338 g/mol. The summed E-state index contributed by atoms with van der Waals surface area (Å²) in [6, 6.07) is 15.3. The van der Waals surface area contributed by atoms with E-state index in [2.05, 4.69) is 36.6 Å². The molecule has 0 aromatic heterocycles. The fraction of sp³-hybridized carbons (Fsp3) is 0.333. The van der Waals surface area contributed by atoms with Gasteiger partial charge >= 0.3 is 0 Å². The van der Waals surface area contributed by atoms with Gasteiger partial charge in [0.1, 0.15) is 0 Å². The molecule has 0 bridgehead atoms. The zero-order chi connectivity index (χ0) is 18.4. The summed E-state index contributed by atoms with van der Waals surface area (Å²) in [4.78, 5) is 23.5. The summed E-state index contributed by atoms with van der Waals surface area (Å²) < 4.78 is 0. The fourth-order valence-corrected chi connectivity index (χ4v) is 2.66. The lowest BCUT2D eigenvalue weighted by molar-refractivity contribution is -0.117. The van der Waals surface area contributed by atoms with E-state index in [0.717, 1.165) is 12.0 Å². The molecule has 0 spiro atoms. The van der Waals surface area contributed by atoms with Crippen molar-refractivity contribution in [2.24, 2.45) is 5.92 Å². The highest BCUT2D eigenvalue weighted by Gasteiger charge is 2.15. The number of carbonyl (C=O) groups is 2. The first-order valence-electron chi connectivity index (χ1n) is 8.62. The van der Waals surface area contributed by atoms with Crippen LogP contribution < -0.4 is 10.6 Å². The number of anilines is 2. The zero-order valence-corrected chi connectivity index (χ0v) is 15.3. The first-order valence-corrected chi connectivity index (χ1v) is 8.62. The summed E-state index contributed by atoms with van der Waals surface area (Å²) in [7, 11) is 0. The zero-order valence-electron chi connectivity index (χ0n) is 15.3. The second-order valence-electron chi connectivity index (χ2n) is 6.81. The summed E-state index contributed by atoms with van der Waals surface area (Å²) in [6.45, 7) is 7.75. The molecule has 0 unspecified atom stereocenters. The van der Waals surface area contributed by atoms with E-state index in [1.54, 1.807) is 24.3 Å². The molecule has 25 heavy (non-hydrogen) atoms. The Hall–Kier alpha value is -2.62. The van der Waals surface area contributed by atoms with Crippen molar-refractivity contribution < 1.29 is 9.59 Å². The molecule has 0 heterocycles. The molecule has 2 aromatic rings. The van der Waals surface area contributed by atoms with Gasteiger partial charge in [-0.15, -0.1) is 0 Å². The lowest BCUT2D eigenvalue weighted by Gasteiger charge is -2.14. The molecule has 2 aromatic carbocycles. The Kier molecular flexibility index (Phi) is 6.34. The van der Waals surface area contributed by atoms with Crippen LogP contribution in [0.1, 0.15) is 44.7 Å². The van der Waals surface area contributed by atoms with E-state index in [-0.39, 0.29) is 17.7 Å². The minimum Gasteiger partial charge on any atom is -0.326 e. The smallest absolute Gasteiger partial charge is 0.231 e. The van der Waals surface area contributed by atoms with Crippen LogP contribution in [0, 0.1) is 5.92 Å². The third-order valence-corrected chi connectivity index (χ3v) is 3.99. The highest BCUT2D eigenvalue weighted by atomic mass is 16.2. The SMILES string of the molecule is CC(=O)Nc1ccc(NC(=O)[C@@H](C)c2ccc(CC(C)C)cc2)cc1. The van der Waals surface area contributed by atoms with Gasteiger partial charge in [-0.25, -0.2) is 0 Å². The number of carbonyl (C=O) groups excluding carboxylic acids is 2. The van der Waals surface area contributed by atoms with E-state index in [9.17, 15) is 9.59 Å². The van der Waals surface area contributed by atoms with E-state index in [0.29, 0.717) is 17.3 Å². The van der Waals surface area contributed by atoms with Gasteiger partial charge in [-0.05, 0) is 54.7 Å². The molecule has 132 valence electrons. The molecule has 1 atom stereocenters. The number of hydrogen-bond donors (Lipinski definition) is 2. The van der Waals surface area contributed by atoms with Crippen molar-refractivity contribution in [3.05, 3.63) is 59.7 Å². The van der Waals surface area contributed by atoms with Crippen LogP contribution >= 0.6 is 0 Å². The van der Waals surface area contributed by atoms with Crippen LogP contribution in [0.4, 0.5) is 11.4 Å². The van der Waals surface area contributed by atoms with Crippen molar-refractivity contribution in [3.63, 3.8) is 0 Å². The van der Waals surface area contributed by atoms with Crippen molar-refractivity contribution >= 4 is 23.2 Å². The molecule has 0 fully saturated rings. The van der Waals surface area contributed by atoms with E-state index in [1.165, 1.54) is 12.5 Å². The Morgan fingerprint density at radius 2 is 1.36 bits per heavy atom. The Morgan fingerprint density at radius 3 is 1.84 bits per heavy atom. The monoisotopic (exact) mass is 338 g/mol. The minimum absolute atomic E-state index is 0.0520. The molecule has 2 rings (SSSR count). The molecule has 4 heteroatoms. The van der Waals surface area contributed by atoms with Crippen LogP contribution in [0.15, 0.2) is 48.5 Å². The summed E-state index contributed by atoms with van der Waals surface area (Å²) in [6.07, 6.45) is 1.04. The van der Waals surface area contributed by atoms with E-state index >= 15 is 0 Å². The van der Waals surface area contributed by atoms with Crippen LogP contribution in [0.3, 0.4) is 0 Å². The Bertz CT molecular complexity index is 719. The predicted molar refractivity (Wildman–Crippen MR) is 103 cm³/mol. The molecule has 2 amide bonds. The summed E-state index contributed by atoms with van der Waals surface area (Å²) >= 11 is 0. The van der Waals surface area contributed by atoms with Crippen molar-refractivity contribution in [1.82, 2.24) is 0 Å². The molecule has 2 N–H and O–H groups in total. The van der Waals surface area contributed by atoms with E-state index in [1.807, 2.05) is 19.1 Å². The van der Waals surface area contributed by atoms with Crippen molar-refractivity contribution in [3.8, 4) is 0 Å². The Labute approximate surface area is 149 Å². The van der Waals surface area contributed by atoms with Gasteiger partial charge in [-0.3, -0.25) is 9.59 Å². The highest BCUT2D eigenvalue weighted by Crippen LogP contribution is 2.20. The number of rotatable bonds is 6. The van der Waals surface area contributed by atoms with Crippen molar-refractivity contribution in [1.29, 1.82) is 0 Å². The van der Waals surface area contributed by atoms with Gasteiger partial charge in [-0.2, -0.15) is 0 Å². The molecule has 4 nitrogen and oxygen atoms in total. The van der Waals surface area contributed by atoms with Gasteiger partial charge in [0.15, 0.2) is 0 Å². The van der Waals surface area contributed by atoms with Gasteiger partial charge in [0, 0.05) is 18.3 Å². The number of benzene rings is 2. The van der Waals surface area contributed by atoms with Crippen molar-refractivity contribution in [2.75, 3.05) is 10.6 Å². The average Bonchev–Trinajstić information content (AvgIpc) is 2.55. The maximum absolute atomic E-state index is 12.5. The Morgan fingerprint density at radius 1 is 0.840 bits per heavy atom. The fourth-order valence-electron chi connectivity index (χ4n) is 2.66. The van der Waals surface area contributed by atoms with Gasteiger partial charge in [0.2, 0.25) is 11.8 Å². The first kappa shape index (κ1) is 18.7. The van der Waals surface area contributed by atoms with Gasteiger partial charge in [0.25, 0.3) is 0 Å². The van der Waals surface area contributed by atoms with Crippen LogP contribution in [0.2, 0.25) is 0 Å². The van der Waals surface area contributed by atoms with Crippen molar-refractivity contribution in [2.45, 2.75) is 40.0 Å². The second-order valence-corrected chi connectivity index (χ2v) is 6.81. The Balaban J connectivity index is 1.98. The minimum atomic E-state index is -0.233. The molecule has 0 saturated carbocycles. The molecular weight excluding hydrogens is 312 g/mol. The van der Waals surface area contributed by atoms with E-state index in [4.69, 9.17) is 0 Å². The lowest BCUT2D eigenvalue weighted by Crippen LogP contribution is -2.19. The van der Waals surface area contributed by atoms with Crippen LogP contribution in [-0.2, 0) is 16.0 Å². The molecule has 0 aliphatic rings. The van der Waals surface area contributed by atoms with Gasteiger partial charge in [-0.1, -0.05) is 38.1 Å². The molecule has 0 saturated heterocycles.